The molecule has 2 aliphatic heterocycles. The molecule has 5 rings (SSSR count). The molecule has 7 heteroatoms. The number of nitrogens with zero attached hydrogens (tertiary/aromatic N) is 3. The van der Waals surface area contributed by atoms with Gasteiger partial charge in [-0.3, -0.25) is 9.59 Å². The maximum absolute atomic E-state index is 12.8. The number of thiazole rings is 1. The van der Waals surface area contributed by atoms with Crippen LogP contribution in [-0.2, 0) is 6.42 Å². The molecule has 0 saturated carbocycles. The SMILES string of the molecule is O=C(c1ccc(Cc2ccccc2)cc1)N1CC(N[C@H]2CCN(C(=O)c3nccs3)C2)C1. The van der Waals surface area contributed by atoms with E-state index in [-0.39, 0.29) is 23.9 Å². The van der Waals surface area contributed by atoms with Crippen LogP contribution in [0.4, 0.5) is 0 Å². The highest BCUT2D eigenvalue weighted by atomic mass is 32.1. The van der Waals surface area contributed by atoms with Gasteiger partial charge < -0.3 is 15.1 Å². The third-order valence-electron chi connectivity index (χ3n) is 6.18. The second kappa shape index (κ2) is 9.22. The van der Waals surface area contributed by atoms with Crippen LogP contribution in [0.3, 0.4) is 0 Å². The molecule has 32 heavy (non-hydrogen) atoms. The Morgan fingerprint density at radius 2 is 1.62 bits per heavy atom. The van der Waals surface area contributed by atoms with E-state index in [9.17, 15) is 9.59 Å². The average Bonchev–Trinajstić information content (AvgIpc) is 3.49. The van der Waals surface area contributed by atoms with Crippen LogP contribution in [0.1, 0.15) is 37.7 Å². The molecule has 0 bridgehead atoms. The molecule has 2 saturated heterocycles. The van der Waals surface area contributed by atoms with Crippen molar-refractivity contribution in [3.8, 4) is 0 Å². The average molecular weight is 447 g/mol. The molecule has 0 radical (unpaired) electrons. The Morgan fingerprint density at radius 3 is 2.34 bits per heavy atom. The molecule has 2 fully saturated rings. The summed E-state index contributed by atoms with van der Waals surface area (Å²) in [6, 6.07) is 18.9. The fraction of sp³-hybridized carbons (Fsp3) is 0.320. The zero-order valence-corrected chi connectivity index (χ0v) is 18.6. The lowest BCUT2D eigenvalue weighted by Crippen LogP contribution is -2.62. The molecule has 0 unspecified atom stereocenters. The van der Waals surface area contributed by atoms with Crippen LogP contribution in [0, 0.1) is 0 Å². The number of amides is 2. The first-order chi connectivity index (χ1) is 15.7. The van der Waals surface area contributed by atoms with Gasteiger partial charge in [-0.15, -0.1) is 11.3 Å². The van der Waals surface area contributed by atoms with Crippen molar-refractivity contribution in [1.29, 1.82) is 0 Å². The minimum atomic E-state index is 0.0189. The number of aromatic nitrogens is 1. The Labute approximate surface area is 191 Å². The van der Waals surface area contributed by atoms with Gasteiger partial charge >= 0.3 is 0 Å². The van der Waals surface area contributed by atoms with Crippen molar-refractivity contribution < 1.29 is 9.59 Å². The molecule has 2 amide bonds. The Hall–Kier alpha value is -3.03. The third-order valence-corrected chi connectivity index (χ3v) is 6.94. The summed E-state index contributed by atoms with van der Waals surface area (Å²) >= 11 is 1.38. The number of carbonyl (C=O) groups is 2. The lowest BCUT2D eigenvalue weighted by molar-refractivity contribution is 0.0552. The molecule has 6 nitrogen and oxygen atoms in total. The number of likely N-dealkylation sites (tertiary alicyclic amines) is 2. The summed E-state index contributed by atoms with van der Waals surface area (Å²) in [5.41, 5.74) is 3.21. The zero-order chi connectivity index (χ0) is 21.9. The van der Waals surface area contributed by atoms with E-state index in [1.165, 1.54) is 22.5 Å². The van der Waals surface area contributed by atoms with Crippen LogP contribution in [0.5, 0.6) is 0 Å². The van der Waals surface area contributed by atoms with Gasteiger partial charge in [0, 0.05) is 55.4 Å². The molecule has 1 N–H and O–H groups in total. The second-order valence-electron chi connectivity index (χ2n) is 8.51. The highest BCUT2D eigenvalue weighted by Crippen LogP contribution is 2.19. The van der Waals surface area contributed by atoms with Crippen LogP contribution < -0.4 is 5.32 Å². The molecular formula is C25H26N4O2S. The van der Waals surface area contributed by atoms with Gasteiger partial charge in [0.1, 0.15) is 0 Å². The van der Waals surface area contributed by atoms with Crippen LogP contribution >= 0.6 is 11.3 Å². The first-order valence-corrected chi connectivity index (χ1v) is 11.9. The first-order valence-electron chi connectivity index (χ1n) is 11.0. The Morgan fingerprint density at radius 1 is 0.906 bits per heavy atom. The summed E-state index contributed by atoms with van der Waals surface area (Å²) in [4.78, 5) is 33.1. The molecule has 0 aliphatic carbocycles. The standard InChI is InChI=1S/C25H26N4O2S/c30-24(20-8-6-19(7-9-20)14-18-4-2-1-3-5-18)29-16-22(17-29)27-21-10-12-28(15-21)25(31)23-26-11-13-32-23/h1-9,11,13,21-22,27H,10,12,14-17H2/t21-/m0/s1. The highest BCUT2D eigenvalue weighted by molar-refractivity contribution is 7.11. The van der Waals surface area contributed by atoms with Crippen LogP contribution in [0.15, 0.2) is 66.2 Å². The highest BCUT2D eigenvalue weighted by Gasteiger charge is 2.35. The van der Waals surface area contributed by atoms with Gasteiger partial charge in [0.15, 0.2) is 5.01 Å². The number of benzene rings is 2. The van der Waals surface area contributed by atoms with E-state index in [4.69, 9.17) is 0 Å². The van der Waals surface area contributed by atoms with Crippen molar-refractivity contribution in [1.82, 2.24) is 20.1 Å². The molecule has 1 atom stereocenters. The monoisotopic (exact) mass is 446 g/mol. The molecule has 3 aromatic rings. The van der Waals surface area contributed by atoms with Crippen molar-refractivity contribution in [2.24, 2.45) is 0 Å². The number of hydrogen-bond donors (Lipinski definition) is 1. The van der Waals surface area contributed by atoms with Crippen molar-refractivity contribution >= 4 is 23.2 Å². The Balaban J connectivity index is 1.08. The summed E-state index contributed by atoms with van der Waals surface area (Å²) in [5, 5.41) is 6.00. The lowest BCUT2D eigenvalue weighted by atomic mass is 10.0. The van der Waals surface area contributed by atoms with Gasteiger partial charge in [0.05, 0.1) is 0 Å². The topological polar surface area (TPSA) is 65.5 Å². The molecule has 164 valence electrons. The van der Waals surface area contributed by atoms with E-state index < -0.39 is 0 Å². The van der Waals surface area contributed by atoms with Crippen molar-refractivity contribution in [3.05, 3.63) is 87.9 Å². The minimum Gasteiger partial charge on any atom is -0.335 e. The molecular weight excluding hydrogens is 420 g/mol. The van der Waals surface area contributed by atoms with Crippen molar-refractivity contribution in [3.63, 3.8) is 0 Å². The Kier molecular flexibility index (Phi) is 6.01. The summed E-state index contributed by atoms with van der Waals surface area (Å²) in [6.07, 6.45) is 3.47. The molecule has 1 aromatic heterocycles. The quantitative estimate of drug-likeness (QED) is 0.632. The number of hydrogen-bond acceptors (Lipinski definition) is 5. The van der Waals surface area contributed by atoms with Gasteiger partial charge in [0.2, 0.25) is 0 Å². The van der Waals surface area contributed by atoms with Gasteiger partial charge in [-0.1, -0.05) is 42.5 Å². The summed E-state index contributed by atoms with van der Waals surface area (Å²) in [7, 11) is 0. The molecule has 2 aromatic carbocycles. The second-order valence-corrected chi connectivity index (χ2v) is 9.40. The van der Waals surface area contributed by atoms with E-state index in [0.717, 1.165) is 24.9 Å². The normalized spacial score (nSPS) is 18.6. The van der Waals surface area contributed by atoms with E-state index >= 15 is 0 Å². The predicted molar refractivity (Wildman–Crippen MR) is 125 cm³/mol. The maximum Gasteiger partial charge on any atom is 0.282 e. The molecule has 2 aliphatic rings. The van der Waals surface area contributed by atoms with Gasteiger partial charge in [-0.25, -0.2) is 4.98 Å². The fourth-order valence-electron chi connectivity index (χ4n) is 4.41. The summed E-state index contributed by atoms with van der Waals surface area (Å²) < 4.78 is 0. The van der Waals surface area contributed by atoms with Crippen molar-refractivity contribution in [2.45, 2.75) is 24.9 Å². The predicted octanol–water partition coefficient (Wildman–Crippen LogP) is 3.06. The van der Waals surface area contributed by atoms with Crippen LogP contribution in [-0.4, -0.2) is 64.9 Å². The van der Waals surface area contributed by atoms with Gasteiger partial charge in [-0.05, 0) is 36.1 Å². The van der Waals surface area contributed by atoms with Crippen molar-refractivity contribution in [2.75, 3.05) is 26.2 Å². The largest absolute Gasteiger partial charge is 0.335 e. The summed E-state index contributed by atoms with van der Waals surface area (Å²) in [6.45, 7) is 2.87. The summed E-state index contributed by atoms with van der Waals surface area (Å²) in [5.74, 6) is 0.103. The minimum absolute atomic E-state index is 0.0189. The third kappa shape index (κ3) is 4.59. The first kappa shape index (κ1) is 20.8. The number of nitrogens with one attached hydrogen (secondary N) is 1. The van der Waals surface area contributed by atoms with Gasteiger partial charge in [-0.2, -0.15) is 0 Å². The maximum atomic E-state index is 12.8. The van der Waals surface area contributed by atoms with Gasteiger partial charge in [0.25, 0.3) is 11.8 Å². The lowest BCUT2D eigenvalue weighted by Gasteiger charge is -2.41. The zero-order valence-electron chi connectivity index (χ0n) is 17.8. The van der Waals surface area contributed by atoms with E-state index in [2.05, 4.69) is 22.4 Å². The van der Waals surface area contributed by atoms with E-state index in [0.29, 0.717) is 24.6 Å². The number of carbonyl (C=O) groups excluding carboxylic acids is 2. The van der Waals surface area contributed by atoms with E-state index in [1.807, 2.05) is 57.6 Å². The number of rotatable bonds is 6. The smallest absolute Gasteiger partial charge is 0.282 e. The van der Waals surface area contributed by atoms with Crippen LogP contribution in [0.25, 0.3) is 0 Å². The van der Waals surface area contributed by atoms with Crippen LogP contribution in [0.2, 0.25) is 0 Å². The van der Waals surface area contributed by atoms with E-state index in [1.54, 1.807) is 6.20 Å². The fourth-order valence-corrected chi connectivity index (χ4v) is 5.01. The molecule has 3 heterocycles. The Bertz CT molecular complexity index is 1060. The molecule has 0 spiro atoms.